The van der Waals surface area contributed by atoms with E-state index in [0.717, 1.165) is 25.7 Å². The normalized spacial score (nSPS) is 16.6. The van der Waals surface area contributed by atoms with Gasteiger partial charge in [-0.1, -0.05) is 19.3 Å². The van der Waals surface area contributed by atoms with E-state index in [-0.39, 0.29) is 12.1 Å². The second kappa shape index (κ2) is 5.61. The third kappa shape index (κ3) is 2.73. The molecule has 5 nitrogen and oxygen atoms in total. The van der Waals surface area contributed by atoms with Crippen molar-refractivity contribution in [2.75, 3.05) is 0 Å². The summed E-state index contributed by atoms with van der Waals surface area (Å²) < 4.78 is 0. The molecule has 5 N–H and O–H groups in total. The van der Waals surface area contributed by atoms with E-state index in [2.05, 4.69) is 5.32 Å². The monoisotopic (exact) mass is 263 g/mol. The highest BCUT2D eigenvalue weighted by atomic mass is 16.3. The fourth-order valence-corrected chi connectivity index (χ4v) is 2.49. The standard InChI is InChI=1S/C13H18BNO4/c14-9-12(18)10(16)8(11(17)13(9)19)6-15-7-4-2-1-3-5-7/h7,15-19H,1-6H2. The van der Waals surface area contributed by atoms with Crippen molar-refractivity contribution in [3.63, 3.8) is 0 Å². The average molecular weight is 263 g/mol. The summed E-state index contributed by atoms with van der Waals surface area (Å²) in [5, 5.41) is 41.9. The van der Waals surface area contributed by atoms with Gasteiger partial charge < -0.3 is 25.7 Å². The molecule has 6 heteroatoms. The Hall–Kier alpha value is -1.56. The zero-order chi connectivity index (χ0) is 14.0. The minimum atomic E-state index is -0.601. The number of phenolic OH excluding ortho intramolecular Hbond substituents is 4. The highest BCUT2D eigenvalue weighted by Crippen LogP contribution is 2.39. The maximum absolute atomic E-state index is 9.77. The summed E-state index contributed by atoms with van der Waals surface area (Å²) in [7, 11) is 5.35. The molecule has 0 heterocycles. The van der Waals surface area contributed by atoms with Gasteiger partial charge in [0.2, 0.25) is 0 Å². The molecule has 0 amide bonds. The molecule has 0 atom stereocenters. The molecule has 1 saturated carbocycles. The number of nitrogens with one attached hydrogen (secondary N) is 1. The molecule has 0 aliphatic heterocycles. The van der Waals surface area contributed by atoms with Crippen LogP contribution in [0.2, 0.25) is 0 Å². The van der Waals surface area contributed by atoms with E-state index in [9.17, 15) is 20.4 Å². The van der Waals surface area contributed by atoms with Gasteiger partial charge >= 0.3 is 0 Å². The van der Waals surface area contributed by atoms with E-state index in [1.165, 1.54) is 6.42 Å². The minimum absolute atomic E-state index is 0.0646. The Bertz CT molecular complexity index is 443. The second-order valence-corrected chi connectivity index (χ2v) is 5.00. The van der Waals surface area contributed by atoms with Crippen LogP contribution in [-0.4, -0.2) is 34.3 Å². The second-order valence-electron chi connectivity index (χ2n) is 5.00. The first kappa shape index (κ1) is 13.9. The van der Waals surface area contributed by atoms with Crippen LogP contribution in [0.3, 0.4) is 0 Å². The van der Waals surface area contributed by atoms with Gasteiger partial charge in [-0.05, 0) is 18.3 Å². The molecule has 1 aliphatic rings. The summed E-state index contributed by atoms with van der Waals surface area (Å²) in [5.41, 5.74) is -0.355. The van der Waals surface area contributed by atoms with Gasteiger partial charge in [0.05, 0.1) is 5.56 Å². The number of hydrogen-bond acceptors (Lipinski definition) is 5. The molecule has 1 fully saturated rings. The van der Waals surface area contributed by atoms with Crippen molar-refractivity contribution < 1.29 is 20.4 Å². The van der Waals surface area contributed by atoms with Crippen LogP contribution in [0.5, 0.6) is 23.0 Å². The summed E-state index contributed by atoms with van der Waals surface area (Å²) in [5.74, 6) is -2.18. The highest BCUT2D eigenvalue weighted by molar-refractivity contribution is 6.36. The highest BCUT2D eigenvalue weighted by Gasteiger charge is 2.21. The molecular formula is C13H18BNO4. The van der Waals surface area contributed by atoms with Crippen LogP contribution < -0.4 is 10.8 Å². The van der Waals surface area contributed by atoms with Crippen molar-refractivity contribution in [2.24, 2.45) is 0 Å². The summed E-state index contributed by atoms with van der Waals surface area (Å²) in [6.07, 6.45) is 5.66. The van der Waals surface area contributed by atoms with Crippen molar-refractivity contribution in [1.82, 2.24) is 5.32 Å². The number of benzene rings is 1. The fraction of sp³-hybridized carbons (Fsp3) is 0.538. The van der Waals surface area contributed by atoms with Crippen LogP contribution in [0.1, 0.15) is 37.7 Å². The van der Waals surface area contributed by atoms with Gasteiger partial charge in [-0.3, -0.25) is 0 Å². The smallest absolute Gasteiger partial charge is 0.165 e. The largest absolute Gasteiger partial charge is 0.505 e. The number of hydrogen-bond donors (Lipinski definition) is 5. The van der Waals surface area contributed by atoms with E-state index >= 15 is 0 Å². The minimum Gasteiger partial charge on any atom is -0.505 e. The van der Waals surface area contributed by atoms with Crippen molar-refractivity contribution in [3.05, 3.63) is 5.56 Å². The van der Waals surface area contributed by atoms with Gasteiger partial charge in [0, 0.05) is 12.6 Å². The van der Waals surface area contributed by atoms with Crippen molar-refractivity contribution >= 4 is 13.3 Å². The Morgan fingerprint density at radius 3 is 1.95 bits per heavy atom. The maximum Gasteiger partial charge on any atom is 0.165 e. The first-order valence-corrected chi connectivity index (χ1v) is 6.50. The van der Waals surface area contributed by atoms with Crippen LogP contribution in [0.4, 0.5) is 0 Å². The molecule has 102 valence electrons. The molecule has 0 saturated heterocycles. The Kier molecular flexibility index (Phi) is 4.09. The van der Waals surface area contributed by atoms with Crippen molar-refractivity contribution in [1.29, 1.82) is 0 Å². The lowest BCUT2D eigenvalue weighted by Crippen LogP contribution is -2.30. The van der Waals surface area contributed by atoms with E-state index in [1.54, 1.807) is 0 Å². The zero-order valence-electron chi connectivity index (χ0n) is 10.7. The van der Waals surface area contributed by atoms with E-state index < -0.39 is 28.5 Å². The zero-order valence-corrected chi connectivity index (χ0v) is 10.7. The third-order valence-electron chi connectivity index (χ3n) is 3.70. The topological polar surface area (TPSA) is 93.0 Å². The molecule has 2 radical (unpaired) electrons. The van der Waals surface area contributed by atoms with Gasteiger partial charge in [0.25, 0.3) is 0 Å². The maximum atomic E-state index is 9.77. The van der Waals surface area contributed by atoms with Crippen molar-refractivity contribution in [2.45, 2.75) is 44.7 Å². The molecular weight excluding hydrogens is 245 g/mol. The lowest BCUT2D eigenvalue weighted by molar-refractivity contribution is 0.348. The first-order chi connectivity index (χ1) is 9.02. The van der Waals surface area contributed by atoms with Gasteiger partial charge in [-0.25, -0.2) is 0 Å². The van der Waals surface area contributed by atoms with Crippen LogP contribution >= 0.6 is 0 Å². The number of phenols is 4. The molecule has 0 spiro atoms. The van der Waals surface area contributed by atoms with Crippen LogP contribution in [0.25, 0.3) is 0 Å². The number of aromatic hydroxyl groups is 4. The molecule has 0 bridgehead atoms. The summed E-state index contributed by atoms with van der Waals surface area (Å²) in [4.78, 5) is 0. The van der Waals surface area contributed by atoms with Gasteiger partial charge in [0.1, 0.15) is 7.85 Å². The van der Waals surface area contributed by atoms with Crippen molar-refractivity contribution in [3.8, 4) is 23.0 Å². The van der Waals surface area contributed by atoms with Gasteiger partial charge in [-0.15, -0.1) is 0 Å². The van der Waals surface area contributed by atoms with Gasteiger partial charge in [0.15, 0.2) is 23.0 Å². The fourth-order valence-electron chi connectivity index (χ4n) is 2.49. The SMILES string of the molecule is [B]c1c(O)c(O)c(CNC2CCCCC2)c(O)c1O. The quantitative estimate of drug-likeness (QED) is 0.315. The summed E-state index contributed by atoms with van der Waals surface area (Å²) >= 11 is 0. The summed E-state index contributed by atoms with van der Waals surface area (Å²) in [6, 6.07) is 0.328. The number of rotatable bonds is 3. The van der Waals surface area contributed by atoms with E-state index in [4.69, 9.17) is 7.85 Å². The van der Waals surface area contributed by atoms with Crippen LogP contribution in [-0.2, 0) is 6.54 Å². The molecule has 2 rings (SSSR count). The molecule has 1 aromatic carbocycles. The Morgan fingerprint density at radius 2 is 1.42 bits per heavy atom. The van der Waals surface area contributed by atoms with Gasteiger partial charge in [-0.2, -0.15) is 0 Å². The average Bonchev–Trinajstić information content (AvgIpc) is 2.44. The lowest BCUT2D eigenvalue weighted by atomic mass is 9.90. The Balaban J connectivity index is 2.15. The summed E-state index contributed by atoms with van der Waals surface area (Å²) in [6.45, 7) is 0.170. The molecule has 1 aromatic rings. The first-order valence-electron chi connectivity index (χ1n) is 6.50. The molecule has 1 aliphatic carbocycles. The molecule has 19 heavy (non-hydrogen) atoms. The Morgan fingerprint density at radius 1 is 0.895 bits per heavy atom. The third-order valence-corrected chi connectivity index (χ3v) is 3.70. The lowest BCUT2D eigenvalue weighted by Gasteiger charge is -2.23. The predicted octanol–water partition coefficient (Wildman–Crippen LogP) is 0.725. The van der Waals surface area contributed by atoms with E-state index in [0.29, 0.717) is 6.04 Å². The van der Waals surface area contributed by atoms with Crippen LogP contribution in [0.15, 0.2) is 0 Å². The van der Waals surface area contributed by atoms with Crippen LogP contribution in [0, 0.1) is 0 Å². The molecule has 0 unspecified atom stereocenters. The molecule has 0 aromatic heterocycles. The predicted molar refractivity (Wildman–Crippen MR) is 72.2 cm³/mol. The van der Waals surface area contributed by atoms with E-state index in [1.807, 2.05) is 0 Å². The Labute approximate surface area is 113 Å².